The number of hydrogen-bond donors (Lipinski definition) is 2. The van der Waals surface area contributed by atoms with Crippen LogP contribution in [0.2, 0.25) is 0 Å². The molecule has 0 spiro atoms. The van der Waals surface area contributed by atoms with Crippen molar-refractivity contribution < 1.29 is 23.6 Å². The maximum Gasteiger partial charge on any atom is 0.247 e. The summed E-state index contributed by atoms with van der Waals surface area (Å²) in [4.78, 5) is 41.1. The molecule has 1 aromatic heterocycles. The van der Waals surface area contributed by atoms with Crippen molar-refractivity contribution in [1.82, 2.24) is 15.4 Å². The first kappa shape index (κ1) is 24.9. The quantitative estimate of drug-likeness (QED) is 0.536. The molecule has 9 nitrogen and oxygen atoms in total. The standard InChI is InChI=1S/C26H34N4O5/c1-18-16-22(29-35-18)28-23(31)13-14-24(32)30(17-21-12-7-15-34-21)25(19-8-3-2-4-9-19)26(33)27-20-10-5-6-11-20/h2-4,8-9,16,20-21,25H,5-7,10-15,17H2,1H3,(H,27,33)(H,28,29,31). The molecule has 0 bridgehead atoms. The highest BCUT2D eigenvalue weighted by Gasteiger charge is 2.35. The Morgan fingerprint density at radius 1 is 1.09 bits per heavy atom. The van der Waals surface area contributed by atoms with Crippen molar-refractivity contribution in [1.29, 1.82) is 0 Å². The zero-order chi connectivity index (χ0) is 24.6. The summed E-state index contributed by atoms with van der Waals surface area (Å²) in [6, 6.07) is 10.3. The third-order valence-electron chi connectivity index (χ3n) is 6.58. The average Bonchev–Trinajstić information content (AvgIpc) is 3.62. The molecule has 0 radical (unpaired) electrons. The van der Waals surface area contributed by atoms with Crippen LogP contribution in [-0.4, -0.2) is 53.1 Å². The topological polar surface area (TPSA) is 114 Å². The summed E-state index contributed by atoms with van der Waals surface area (Å²) in [7, 11) is 0. The molecule has 1 saturated carbocycles. The zero-order valence-electron chi connectivity index (χ0n) is 20.2. The monoisotopic (exact) mass is 482 g/mol. The van der Waals surface area contributed by atoms with E-state index in [2.05, 4.69) is 15.8 Å². The summed E-state index contributed by atoms with van der Waals surface area (Å²) in [5.41, 5.74) is 0.747. The lowest BCUT2D eigenvalue weighted by Crippen LogP contribution is -2.48. The molecule has 9 heteroatoms. The van der Waals surface area contributed by atoms with Crippen LogP contribution in [0.25, 0.3) is 0 Å². The van der Waals surface area contributed by atoms with Crippen LogP contribution in [0.4, 0.5) is 5.82 Å². The van der Waals surface area contributed by atoms with E-state index in [0.717, 1.165) is 44.1 Å². The number of carbonyl (C=O) groups excluding carboxylic acids is 3. The van der Waals surface area contributed by atoms with Crippen molar-refractivity contribution in [3.05, 3.63) is 47.7 Å². The normalized spacial score (nSPS) is 18.8. The van der Waals surface area contributed by atoms with E-state index >= 15 is 0 Å². The predicted octanol–water partition coefficient (Wildman–Crippen LogP) is 3.51. The summed E-state index contributed by atoms with van der Waals surface area (Å²) in [6.45, 7) is 2.69. The van der Waals surface area contributed by atoms with Gasteiger partial charge < -0.3 is 24.8 Å². The summed E-state index contributed by atoms with van der Waals surface area (Å²) >= 11 is 0. The maximum absolute atomic E-state index is 13.6. The second kappa shape index (κ2) is 12.0. The van der Waals surface area contributed by atoms with Gasteiger partial charge in [-0.25, -0.2) is 0 Å². The molecule has 2 heterocycles. The van der Waals surface area contributed by atoms with E-state index in [1.807, 2.05) is 30.3 Å². The number of benzene rings is 1. The van der Waals surface area contributed by atoms with Crippen molar-refractivity contribution in [3.63, 3.8) is 0 Å². The molecule has 2 N–H and O–H groups in total. The molecule has 2 unspecified atom stereocenters. The minimum Gasteiger partial charge on any atom is -0.376 e. The number of hydrogen-bond acceptors (Lipinski definition) is 6. The Kier molecular flexibility index (Phi) is 8.52. The molecule has 1 aliphatic carbocycles. The first-order chi connectivity index (χ1) is 17.0. The predicted molar refractivity (Wildman–Crippen MR) is 129 cm³/mol. The van der Waals surface area contributed by atoms with E-state index in [-0.39, 0.29) is 42.7 Å². The molecule has 4 rings (SSSR count). The van der Waals surface area contributed by atoms with Crippen LogP contribution in [-0.2, 0) is 19.1 Å². The van der Waals surface area contributed by atoms with Gasteiger partial charge >= 0.3 is 0 Å². The van der Waals surface area contributed by atoms with Crippen molar-refractivity contribution in [2.45, 2.75) is 76.5 Å². The fourth-order valence-electron chi connectivity index (χ4n) is 4.81. The zero-order valence-corrected chi connectivity index (χ0v) is 20.2. The van der Waals surface area contributed by atoms with Crippen LogP contribution in [0.3, 0.4) is 0 Å². The molecule has 188 valence electrons. The van der Waals surface area contributed by atoms with Crippen molar-refractivity contribution in [2.24, 2.45) is 0 Å². The Labute approximate surface area is 205 Å². The summed E-state index contributed by atoms with van der Waals surface area (Å²) in [6.07, 6.45) is 5.67. The molecule has 2 aliphatic rings. The number of nitrogens with zero attached hydrogens (tertiary/aromatic N) is 2. The Bertz CT molecular complexity index is 996. The average molecular weight is 483 g/mol. The van der Waals surface area contributed by atoms with Crippen molar-refractivity contribution >= 4 is 23.5 Å². The van der Waals surface area contributed by atoms with Crippen LogP contribution in [0.1, 0.15) is 68.7 Å². The lowest BCUT2D eigenvalue weighted by molar-refractivity contribution is -0.143. The summed E-state index contributed by atoms with van der Waals surface area (Å²) in [5, 5.41) is 9.56. The van der Waals surface area contributed by atoms with Gasteiger partial charge in [0.25, 0.3) is 0 Å². The molecular weight excluding hydrogens is 448 g/mol. The summed E-state index contributed by atoms with van der Waals surface area (Å²) in [5.74, 6) is 0.113. The number of nitrogens with one attached hydrogen (secondary N) is 2. The van der Waals surface area contributed by atoms with E-state index < -0.39 is 6.04 Å². The minimum atomic E-state index is -0.783. The highest BCUT2D eigenvalue weighted by molar-refractivity contribution is 5.94. The van der Waals surface area contributed by atoms with Crippen molar-refractivity contribution in [2.75, 3.05) is 18.5 Å². The number of carbonyl (C=O) groups is 3. The summed E-state index contributed by atoms with van der Waals surface area (Å²) < 4.78 is 10.8. The lowest BCUT2D eigenvalue weighted by atomic mass is 10.0. The van der Waals surface area contributed by atoms with Gasteiger partial charge in [0.05, 0.1) is 6.10 Å². The van der Waals surface area contributed by atoms with Crippen LogP contribution in [0, 0.1) is 6.92 Å². The van der Waals surface area contributed by atoms with Gasteiger partial charge in [-0.05, 0) is 38.2 Å². The SMILES string of the molecule is Cc1cc(NC(=O)CCC(=O)N(CC2CCCO2)C(C(=O)NC2CCCC2)c2ccccc2)no1. The van der Waals surface area contributed by atoms with Gasteiger partial charge in [0.15, 0.2) is 5.82 Å². The number of amides is 3. The minimum absolute atomic E-state index is 0.0292. The molecule has 2 fully saturated rings. The number of aryl methyl sites for hydroxylation is 1. The van der Waals surface area contributed by atoms with Gasteiger partial charge in [-0.3, -0.25) is 14.4 Å². The number of aromatic nitrogens is 1. The first-order valence-electron chi connectivity index (χ1n) is 12.5. The smallest absolute Gasteiger partial charge is 0.247 e. The Hall–Kier alpha value is -3.20. The highest BCUT2D eigenvalue weighted by atomic mass is 16.5. The fraction of sp³-hybridized carbons (Fsp3) is 0.538. The molecule has 2 atom stereocenters. The van der Waals surface area contributed by atoms with Crippen LogP contribution < -0.4 is 10.6 Å². The number of anilines is 1. The Balaban J connectivity index is 1.50. The third-order valence-corrected chi connectivity index (χ3v) is 6.58. The molecule has 1 aliphatic heterocycles. The van der Waals surface area contributed by atoms with E-state index in [9.17, 15) is 14.4 Å². The number of rotatable bonds is 10. The van der Waals surface area contributed by atoms with E-state index in [1.54, 1.807) is 17.9 Å². The van der Waals surface area contributed by atoms with Crippen LogP contribution in [0.5, 0.6) is 0 Å². The molecule has 3 amide bonds. The number of ether oxygens (including phenoxy) is 1. The lowest BCUT2D eigenvalue weighted by Gasteiger charge is -2.34. The van der Waals surface area contributed by atoms with Gasteiger partial charge in [-0.2, -0.15) is 0 Å². The molecule has 1 aromatic carbocycles. The molecule has 35 heavy (non-hydrogen) atoms. The molecule has 2 aromatic rings. The third kappa shape index (κ3) is 6.91. The molecule has 1 saturated heterocycles. The maximum atomic E-state index is 13.6. The largest absolute Gasteiger partial charge is 0.376 e. The second-order valence-electron chi connectivity index (χ2n) is 9.36. The second-order valence-corrected chi connectivity index (χ2v) is 9.36. The molecular formula is C26H34N4O5. The van der Waals surface area contributed by atoms with Crippen LogP contribution >= 0.6 is 0 Å². The van der Waals surface area contributed by atoms with Crippen LogP contribution in [0.15, 0.2) is 40.9 Å². The first-order valence-corrected chi connectivity index (χ1v) is 12.5. The highest BCUT2D eigenvalue weighted by Crippen LogP contribution is 2.27. The fourth-order valence-corrected chi connectivity index (χ4v) is 4.81. The van der Waals surface area contributed by atoms with Crippen molar-refractivity contribution in [3.8, 4) is 0 Å². The van der Waals surface area contributed by atoms with E-state index in [0.29, 0.717) is 24.7 Å². The van der Waals surface area contributed by atoms with E-state index in [4.69, 9.17) is 9.26 Å². The Morgan fingerprint density at radius 2 is 1.86 bits per heavy atom. The van der Waals surface area contributed by atoms with Gasteiger partial charge in [-0.1, -0.05) is 48.3 Å². The van der Waals surface area contributed by atoms with Gasteiger partial charge in [0, 0.05) is 38.1 Å². The van der Waals surface area contributed by atoms with Gasteiger partial charge in [0.2, 0.25) is 17.7 Å². The van der Waals surface area contributed by atoms with E-state index in [1.165, 1.54) is 0 Å². The van der Waals surface area contributed by atoms with Gasteiger partial charge in [0.1, 0.15) is 11.8 Å². The van der Waals surface area contributed by atoms with Gasteiger partial charge in [-0.15, -0.1) is 0 Å². The Morgan fingerprint density at radius 3 is 2.51 bits per heavy atom.